The number of fused-ring (bicyclic) bond motifs is 1. The first kappa shape index (κ1) is 22.7. The van der Waals surface area contributed by atoms with Gasteiger partial charge < -0.3 is 15.6 Å². The van der Waals surface area contributed by atoms with Gasteiger partial charge in [0.15, 0.2) is 0 Å². The number of aromatic nitrogens is 2. The molecule has 0 aliphatic rings. The van der Waals surface area contributed by atoms with Crippen LogP contribution in [0.25, 0.3) is 17.0 Å². The second-order valence-corrected chi connectivity index (χ2v) is 7.25. The third kappa shape index (κ3) is 7.08. The Morgan fingerprint density at radius 3 is 2.72 bits per heavy atom. The quantitative estimate of drug-likeness (QED) is 0.356. The lowest BCUT2D eigenvalue weighted by molar-refractivity contribution is 0.499. The fourth-order valence-electron chi connectivity index (χ4n) is 3.15. The van der Waals surface area contributed by atoms with Gasteiger partial charge in [0.05, 0.1) is 11.7 Å². The van der Waals surface area contributed by atoms with E-state index in [1.54, 1.807) is 18.5 Å². The molecule has 1 unspecified atom stereocenters. The smallest absolute Gasteiger partial charge is 0.129 e. The van der Waals surface area contributed by atoms with E-state index >= 15 is 0 Å². The van der Waals surface area contributed by atoms with Crippen LogP contribution in [0.5, 0.6) is 0 Å². The van der Waals surface area contributed by atoms with Gasteiger partial charge in [0.2, 0.25) is 0 Å². The van der Waals surface area contributed by atoms with Crippen LogP contribution in [-0.4, -0.2) is 23.1 Å². The number of unbranched alkanes of at least 4 members (excludes halogenated alkanes) is 1. The van der Waals surface area contributed by atoms with E-state index < -0.39 is 0 Å². The van der Waals surface area contributed by atoms with Crippen LogP contribution in [0.3, 0.4) is 0 Å². The molecule has 1 atom stereocenters. The Labute approximate surface area is 179 Å². The summed E-state index contributed by atoms with van der Waals surface area (Å²) in [4.78, 5) is 7.09. The molecule has 0 radical (unpaired) electrons. The maximum absolute atomic E-state index is 5.72. The maximum Gasteiger partial charge on any atom is 0.129 e. The number of rotatable bonds is 9. The van der Waals surface area contributed by atoms with Gasteiger partial charge in [-0.1, -0.05) is 62.7 Å². The van der Waals surface area contributed by atoms with E-state index in [0.29, 0.717) is 11.2 Å². The van der Waals surface area contributed by atoms with E-state index in [1.165, 1.54) is 30.5 Å². The molecule has 1 aromatic carbocycles. The van der Waals surface area contributed by atoms with Crippen LogP contribution in [-0.2, 0) is 6.42 Å². The predicted molar refractivity (Wildman–Crippen MR) is 128 cm³/mol. The topological polar surface area (TPSA) is 52.7 Å². The highest BCUT2D eigenvalue weighted by Crippen LogP contribution is 2.19. The SMILES string of the molecule is C=CNc1ccccc1CC(CCCC)NC.C=Cc1cc2cc(Cl)ncc2[nH]1. The number of hydrogen-bond donors (Lipinski definition) is 3. The first-order chi connectivity index (χ1) is 14.1. The minimum absolute atomic E-state index is 0.511. The monoisotopic (exact) mass is 410 g/mol. The molecule has 0 aliphatic heterocycles. The normalized spacial score (nSPS) is 11.4. The van der Waals surface area contributed by atoms with Crippen molar-refractivity contribution >= 4 is 34.3 Å². The van der Waals surface area contributed by atoms with Crippen LogP contribution in [0.4, 0.5) is 5.69 Å². The van der Waals surface area contributed by atoms with Crippen LogP contribution in [0.1, 0.15) is 37.4 Å². The summed E-state index contributed by atoms with van der Waals surface area (Å²) in [6.07, 6.45) is 10.0. The van der Waals surface area contributed by atoms with E-state index in [2.05, 4.69) is 64.9 Å². The fourth-order valence-corrected chi connectivity index (χ4v) is 3.32. The average Bonchev–Trinajstić information content (AvgIpc) is 3.15. The number of hydrogen-bond acceptors (Lipinski definition) is 3. The number of halogens is 1. The average molecular weight is 411 g/mol. The zero-order chi connectivity index (χ0) is 21.1. The Kier molecular flexibility index (Phi) is 9.48. The number of nitrogens with one attached hydrogen (secondary N) is 3. The Hall–Kier alpha value is -2.56. The lowest BCUT2D eigenvalue weighted by Gasteiger charge is -2.18. The van der Waals surface area contributed by atoms with Crippen molar-refractivity contribution < 1.29 is 0 Å². The third-order valence-corrected chi connectivity index (χ3v) is 4.97. The number of anilines is 1. The number of pyridine rings is 1. The van der Waals surface area contributed by atoms with Crippen molar-refractivity contribution in [1.82, 2.24) is 15.3 Å². The highest BCUT2D eigenvalue weighted by Gasteiger charge is 2.09. The molecule has 0 aliphatic carbocycles. The first-order valence-electron chi connectivity index (χ1n) is 10.0. The van der Waals surface area contributed by atoms with Crippen molar-refractivity contribution in [2.75, 3.05) is 12.4 Å². The summed E-state index contributed by atoms with van der Waals surface area (Å²) in [6.45, 7) is 9.62. The fraction of sp³-hybridized carbons (Fsp3) is 0.292. The molecule has 5 heteroatoms. The molecule has 0 fully saturated rings. The summed E-state index contributed by atoms with van der Waals surface area (Å²) in [6, 6.07) is 12.8. The number of benzene rings is 1. The Bertz CT molecular complexity index is 916. The van der Waals surface area contributed by atoms with E-state index in [1.807, 2.05) is 19.2 Å². The van der Waals surface area contributed by atoms with Gasteiger partial charge in [0.1, 0.15) is 5.15 Å². The molecule has 0 amide bonds. The molecule has 0 spiro atoms. The maximum atomic E-state index is 5.72. The standard InChI is InChI=1S/C15H24N2.C9H7ClN2/c1-4-6-10-14(16-3)12-13-9-7-8-11-15(13)17-5-2;1-2-7-3-6-4-9(10)11-5-8(6)12-7/h5,7-9,11,14,16-17H,2,4,6,10,12H2,1,3H3;2-5,12H,1H2. The summed E-state index contributed by atoms with van der Waals surface area (Å²) in [5.74, 6) is 0. The molecule has 29 heavy (non-hydrogen) atoms. The Morgan fingerprint density at radius 2 is 2.03 bits per heavy atom. The van der Waals surface area contributed by atoms with Gasteiger partial charge >= 0.3 is 0 Å². The highest BCUT2D eigenvalue weighted by atomic mass is 35.5. The number of aromatic amines is 1. The second-order valence-electron chi connectivity index (χ2n) is 6.86. The number of likely N-dealkylation sites (N-methyl/N-ethyl adjacent to an activating group) is 1. The molecule has 2 heterocycles. The lowest BCUT2D eigenvalue weighted by Crippen LogP contribution is -2.27. The van der Waals surface area contributed by atoms with Crippen molar-refractivity contribution in [3.63, 3.8) is 0 Å². The van der Waals surface area contributed by atoms with Crippen molar-refractivity contribution in [2.24, 2.45) is 0 Å². The number of nitrogens with zero attached hydrogens (tertiary/aromatic N) is 1. The summed E-state index contributed by atoms with van der Waals surface area (Å²) >= 11 is 5.72. The van der Waals surface area contributed by atoms with Gasteiger partial charge in [-0.2, -0.15) is 0 Å². The molecule has 3 rings (SSSR count). The number of H-pyrrole nitrogens is 1. The summed E-state index contributed by atoms with van der Waals surface area (Å²) in [7, 11) is 2.05. The molecule has 0 saturated heterocycles. The molecule has 0 saturated carbocycles. The van der Waals surface area contributed by atoms with Gasteiger partial charge in [-0.25, -0.2) is 4.98 Å². The molecule has 3 N–H and O–H groups in total. The summed E-state index contributed by atoms with van der Waals surface area (Å²) < 4.78 is 0. The van der Waals surface area contributed by atoms with Crippen LogP contribution in [0.15, 0.2) is 62.0 Å². The van der Waals surface area contributed by atoms with Crippen molar-refractivity contribution in [3.8, 4) is 0 Å². The third-order valence-electron chi connectivity index (χ3n) is 4.77. The molecular weight excluding hydrogens is 380 g/mol. The van der Waals surface area contributed by atoms with E-state index in [4.69, 9.17) is 11.6 Å². The van der Waals surface area contributed by atoms with Crippen molar-refractivity contribution in [2.45, 2.75) is 38.6 Å². The Morgan fingerprint density at radius 1 is 1.24 bits per heavy atom. The minimum atomic E-state index is 0.511. The minimum Gasteiger partial charge on any atom is -0.362 e. The van der Waals surface area contributed by atoms with Crippen LogP contribution < -0.4 is 10.6 Å². The summed E-state index contributed by atoms with van der Waals surface area (Å²) in [5.41, 5.74) is 4.48. The van der Waals surface area contributed by atoms with Gasteiger partial charge in [0, 0.05) is 22.8 Å². The van der Waals surface area contributed by atoms with Gasteiger partial charge in [-0.05, 0) is 55.9 Å². The van der Waals surface area contributed by atoms with Crippen LogP contribution in [0, 0.1) is 0 Å². The molecule has 2 aromatic heterocycles. The Balaban J connectivity index is 0.000000218. The zero-order valence-electron chi connectivity index (χ0n) is 17.3. The van der Waals surface area contributed by atoms with Crippen molar-refractivity contribution in [1.29, 1.82) is 0 Å². The molecule has 154 valence electrons. The van der Waals surface area contributed by atoms with Crippen molar-refractivity contribution in [3.05, 3.63) is 78.4 Å². The molecule has 0 bridgehead atoms. The zero-order valence-corrected chi connectivity index (χ0v) is 18.1. The van der Waals surface area contributed by atoms with E-state index in [9.17, 15) is 0 Å². The molecule has 4 nitrogen and oxygen atoms in total. The lowest BCUT2D eigenvalue weighted by atomic mass is 10.00. The van der Waals surface area contributed by atoms with Crippen LogP contribution >= 0.6 is 11.6 Å². The van der Waals surface area contributed by atoms with E-state index in [-0.39, 0.29) is 0 Å². The van der Waals surface area contributed by atoms with E-state index in [0.717, 1.165) is 23.0 Å². The number of para-hydroxylation sites is 1. The second kappa shape index (κ2) is 12.1. The first-order valence-corrected chi connectivity index (χ1v) is 10.4. The van der Waals surface area contributed by atoms with Gasteiger partial charge in [-0.3, -0.25) is 0 Å². The van der Waals surface area contributed by atoms with Gasteiger partial charge in [0.25, 0.3) is 0 Å². The van der Waals surface area contributed by atoms with Gasteiger partial charge in [-0.15, -0.1) is 0 Å². The predicted octanol–water partition coefficient (Wildman–Crippen LogP) is 6.42. The molecular formula is C24H31ClN4. The largest absolute Gasteiger partial charge is 0.362 e. The van der Waals surface area contributed by atoms with Crippen LogP contribution in [0.2, 0.25) is 5.15 Å². The summed E-state index contributed by atoms with van der Waals surface area (Å²) in [5, 5.41) is 8.17. The molecule has 3 aromatic rings. The highest BCUT2D eigenvalue weighted by molar-refractivity contribution is 6.30.